The van der Waals surface area contributed by atoms with Gasteiger partial charge in [-0.2, -0.15) is 0 Å². The molecule has 2 rings (SSSR count). The predicted octanol–water partition coefficient (Wildman–Crippen LogP) is 3.76. The van der Waals surface area contributed by atoms with Gasteiger partial charge < -0.3 is 5.73 Å². The van der Waals surface area contributed by atoms with E-state index in [0.717, 1.165) is 35.3 Å². The van der Waals surface area contributed by atoms with Gasteiger partial charge in [-0.15, -0.1) is 0 Å². The van der Waals surface area contributed by atoms with E-state index in [1.807, 2.05) is 19.2 Å². The fourth-order valence-corrected chi connectivity index (χ4v) is 2.28. The summed E-state index contributed by atoms with van der Waals surface area (Å²) in [6, 6.07) is 8.50. The number of nitrogens with two attached hydrogens (primary N) is 1. The molecule has 0 aliphatic rings. The number of anilines is 1. The van der Waals surface area contributed by atoms with Crippen LogP contribution >= 0.6 is 0 Å². The zero-order valence-electron chi connectivity index (χ0n) is 11.3. The van der Waals surface area contributed by atoms with Gasteiger partial charge in [0.1, 0.15) is 0 Å². The number of rotatable bonds is 3. The van der Waals surface area contributed by atoms with Crippen molar-refractivity contribution in [2.45, 2.75) is 33.6 Å². The minimum atomic E-state index is 0.751. The van der Waals surface area contributed by atoms with Crippen LogP contribution < -0.4 is 5.73 Å². The van der Waals surface area contributed by atoms with Gasteiger partial charge in [-0.1, -0.05) is 26.0 Å². The molecule has 0 fully saturated rings. The molecule has 1 aromatic carbocycles. The molecule has 0 unspecified atom stereocenters. The van der Waals surface area contributed by atoms with Gasteiger partial charge >= 0.3 is 0 Å². The summed E-state index contributed by atoms with van der Waals surface area (Å²) in [5, 5.41) is 0. The van der Waals surface area contributed by atoms with Gasteiger partial charge in [0.05, 0.1) is 11.4 Å². The van der Waals surface area contributed by atoms with Crippen LogP contribution in [-0.4, -0.2) is 4.98 Å². The second-order valence-corrected chi connectivity index (χ2v) is 4.64. The van der Waals surface area contributed by atoms with Gasteiger partial charge in [0.2, 0.25) is 0 Å². The number of nitrogen functional groups attached to an aromatic ring is 1. The van der Waals surface area contributed by atoms with Crippen LogP contribution in [0.5, 0.6) is 0 Å². The Balaban J connectivity index is 2.51. The summed E-state index contributed by atoms with van der Waals surface area (Å²) in [4.78, 5) is 4.45. The molecule has 2 heteroatoms. The first kappa shape index (κ1) is 12.6. The molecule has 0 bridgehead atoms. The van der Waals surface area contributed by atoms with Crippen molar-refractivity contribution in [1.29, 1.82) is 0 Å². The Kier molecular flexibility index (Phi) is 3.66. The van der Waals surface area contributed by atoms with E-state index in [4.69, 9.17) is 5.73 Å². The van der Waals surface area contributed by atoms with E-state index < -0.39 is 0 Å². The van der Waals surface area contributed by atoms with E-state index in [2.05, 4.69) is 37.0 Å². The van der Waals surface area contributed by atoms with Crippen molar-refractivity contribution < 1.29 is 0 Å². The number of hydrogen-bond acceptors (Lipinski definition) is 2. The molecule has 0 atom stereocenters. The Labute approximate surface area is 109 Å². The Morgan fingerprint density at radius 2 is 1.78 bits per heavy atom. The maximum atomic E-state index is 6.05. The predicted molar refractivity (Wildman–Crippen MR) is 77.6 cm³/mol. The maximum Gasteiger partial charge on any atom is 0.0931 e. The summed E-state index contributed by atoms with van der Waals surface area (Å²) < 4.78 is 0. The SMILES string of the molecule is CCc1ccc(-c2ncc(C)cc2N)cc1CC. The highest BCUT2D eigenvalue weighted by Gasteiger charge is 2.07. The van der Waals surface area contributed by atoms with Crippen LogP contribution in [0.15, 0.2) is 30.5 Å². The lowest BCUT2D eigenvalue weighted by atomic mass is 9.98. The summed E-state index contributed by atoms with van der Waals surface area (Å²) in [5.41, 5.74) is 12.7. The Bertz CT molecular complexity index is 559. The highest BCUT2D eigenvalue weighted by Crippen LogP contribution is 2.26. The van der Waals surface area contributed by atoms with Crippen molar-refractivity contribution in [3.05, 3.63) is 47.2 Å². The van der Waals surface area contributed by atoms with Crippen LogP contribution in [0.4, 0.5) is 5.69 Å². The monoisotopic (exact) mass is 240 g/mol. The molecule has 18 heavy (non-hydrogen) atoms. The van der Waals surface area contributed by atoms with Crippen molar-refractivity contribution in [1.82, 2.24) is 4.98 Å². The Hall–Kier alpha value is -1.83. The molecule has 0 aliphatic heterocycles. The van der Waals surface area contributed by atoms with Crippen molar-refractivity contribution in [2.24, 2.45) is 0 Å². The first-order chi connectivity index (χ1) is 8.65. The van der Waals surface area contributed by atoms with Gasteiger partial charge in [-0.05, 0) is 48.6 Å². The first-order valence-electron chi connectivity index (χ1n) is 6.50. The summed E-state index contributed by atoms with van der Waals surface area (Å²) in [6.07, 6.45) is 3.98. The second-order valence-electron chi connectivity index (χ2n) is 4.64. The average Bonchev–Trinajstić information content (AvgIpc) is 2.38. The zero-order chi connectivity index (χ0) is 13.1. The van der Waals surface area contributed by atoms with E-state index >= 15 is 0 Å². The number of benzene rings is 1. The minimum absolute atomic E-state index is 0.751. The molecule has 2 N–H and O–H groups in total. The summed E-state index contributed by atoms with van der Waals surface area (Å²) >= 11 is 0. The molecule has 0 saturated heterocycles. The fraction of sp³-hybridized carbons (Fsp3) is 0.312. The van der Waals surface area contributed by atoms with Crippen molar-refractivity contribution in [3.63, 3.8) is 0 Å². The van der Waals surface area contributed by atoms with Crippen LogP contribution in [0.1, 0.15) is 30.5 Å². The third-order valence-corrected chi connectivity index (χ3v) is 3.30. The normalized spacial score (nSPS) is 10.6. The summed E-state index contributed by atoms with van der Waals surface area (Å²) in [5.74, 6) is 0. The lowest BCUT2D eigenvalue weighted by Crippen LogP contribution is -1.97. The van der Waals surface area contributed by atoms with Crippen molar-refractivity contribution >= 4 is 5.69 Å². The molecule has 1 heterocycles. The Morgan fingerprint density at radius 3 is 2.39 bits per heavy atom. The van der Waals surface area contributed by atoms with E-state index in [1.165, 1.54) is 11.1 Å². The van der Waals surface area contributed by atoms with Crippen LogP contribution in [-0.2, 0) is 12.8 Å². The minimum Gasteiger partial charge on any atom is -0.397 e. The fourth-order valence-electron chi connectivity index (χ4n) is 2.28. The van der Waals surface area contributed by atoms with E-state index in [9.17, 15) is 0 Å². The molecule has 0 spiro atoms. The number of nitrogens with zero attached hydrogens (tertiary/aromatic N) is 1. The first-order valence-corrected chi connectivity index (χ1v) is 6.50. The molecule has 0 aliphatic carbocycles. The molecular formula is C16H20N2. The van der Waals surface area contributed by atoms with Gasteiger partial charge in [0, 0.05) is 11.8 Å². The Morgan fingerprint density at radius 1 is 1.06 bits per heavy atom. The molecule has 0 saturated carbocycles. The van der Waals surface area contributed by atoms with Crippen molar-refractivity contribution in [2.75, 3.05) is 5.73 Å². The lowest BCUT2D eigenvalue weighted by molar-refractivity contribution is 1.04. The summed E-state index contributed by atoms with van der Waals surface area (Å²) in [7, 11) is 0. The van der Waals surface area contributed by atoms with E-state index in [0.29, 0.717) is 0 Å². The van der Waals surface area contributed by atoms with Crippen LogP contribution in [0.3, 0.4) is 0 Å². The summed E-state index contributed by atoms with van der Waals surface area (Å²) in [6.45, 7) is 6.38. The smallest absolute Gasteiger partial charge is 0.0931 e. The average molecular weight is 240 g/mol. The van der Waals surface area contributed by atoms with Gasteiger partial charge in [0.25, 0.3) is 0 Å². The number of aromatic nitrogens is 1. The van der Waals surface area contributed by atoms with Gasteiger partial charge in [0.15, 0.2) is 0 Å². The van der Waals surface area contributed by atoms with Gasteiger partial charge in [-0.3, -0.25) is 4.98 Å². The number of hydrogen-bond donors (Lipinski definition) is 1. The third kappa shape index (κ3) is 2.37. The highest BCUT2D eigenvalue weighted by atomic mass is 14.7. The van der Waals surface area contributed by atoms with Crippen molar-refractivity contribution in [3.8, 4) is 11.3 Å². The molecule has 1 aromatic heterocycles. The number of pyridine rings is 1. The topological polar surface area (TPSA) is 38.9 Å². The molecule has 2 nitrogen and oxygen atoms in total. The van der Waals surface area contributed by atoms with Crippen LogP contribution in [0, 0.1) is 6.92 Å². The van der Waals surface area contributed by atoms with E-state index in [-0.39, 0.29) is 0 Å². The molecular weight excluding hydrogens is 220 g/mol. The van der Waals surface area contributed by atoms with E-state index in [1.54, 1.807) is 0 Å². The third-order valence-electron chi connectivity index (χ3n) is 3.30. The van der Waals surface area contributed by atoms with Crippen LogP contribution in [0.2, 0.25) is 0 Å². The zero-order valence-corrected chi connectivity index (χ0v) is 11.3. The van der Waals surface area contributed by atoms with Crippen LogP contribution in [0.25, 0.3) is 11.3 Å². The second kappa shape index (κ2) is 5.21. The standard InChI is InChI=1S/C16H20N2/c1-4-12-6-7-14(9-13(12)5-2)16-15(17)8-11(3)10-18-16/h6-10H,4-5,17H2,1-3H3. The molecule has 94 valence electrons. The molecule has 2 aromatic rings. The highest BCUT2D eigenvalue weighted by molar-refractivity contribution is 5.73. The molecule has 0 amide bonds. The lowest BCUT2D eigenvalue weighted by Gasteiger charge is -2.10. The van der Waals surface area contributed by atoms with Gasteiger partial charge in [-0.25, -0.2) is 0 Å². The molecule has 0 radical (unpaired) electrons. The largest absolute Gasteiger partial charge is 0.397 e. The maximum absolute atomic E-state index is 6.05. The quantitative estimate of drug-likeness (QED) is 0.887. The number of aryl methyl sites for hydroxylation is 3.